The summed E-state index contributed by atoms with van der Waals surface area (Å²) < 4.78 is 1.82. The molecule has 2 N–H and O–H groups in total. The second-order valence-corrected chi connectivity index (χ2v) is 4.38. The standard InChI is InChI=1S/C11H19N5O/c1-3-16-10(13-7-14-16)6-12-8(2)11(17)15-9-4-5-9/h7-9,12H,3-6H2,1-2H3,(H,15,17). The second-order valence-electron chi connectivity index (χ2n) is 4.38. The molecular formula is C11H19N5O. The Balaban J connectivity index is 1.78. The van der Waals surface area contributed by atoms with Crippen molar-refractivity contribution in [2.24, 2.45) is 0 Å². The van der Waals surface area contributed by atoms with E-state index in [4.69, 9.17) is 0 Å². The van der Waals surface area contributed by atoms with Gasteiger partial charge in [0.25, 0.3) is 0 Å². The summed E-state index contributed by atoms with van der Waals surface area (Å²) in [6.45, 7) is 5.23. The summed E-state index contributed by atoms with van der Waals surface area (Å²) in [5.74, 6) is 0.925. The van der Waals surface area contributed by atoms with Crippen LogP contribution in [0.3, 0.4) is 0 Å². The maximum atomic E-state index is 11.7. The van der Waals surface area contributed by atoms with Gasteiger partial charge in [-0.2, -0.15) is 5.10 Å². The molecule has 1 aromatic heterocycles. The highest BCUT2D eigenvalue weighted by Crippen LogP contribution is 2.18. The Morgan fingerprint density at radius 2 is 2.41 bits per heavy atom. The Labute approximate surface area is 101 Å². The van der Waals surface area contributed by atoms with Gasteiger partial charge in [0.2, 0.25) is 5.91 Å². The topological polar surface area (TPSA) is 71.8 Å². The van der Waals surface area contributed by atoms with E-state index in [1.165, 1.54) is 6.33 Å². The Morgan fingerprint density at radius 3 is 3.06 bits per heavy atom. The van der Waals surface area contributed by atoms with Gasteiger partial charge in [0.1, 0.15) is 12.2 Å². The molecule has 6 nitrogen and oxygen atoms in total. The van der Waals surface area contributed by atoms with E-state index in [0.29, 0.717) is 12.6 Å². The fourth-order valence-electron chi connectivity index (χ4n) is 1.58. The molecule has 1 aliphatic rings. The monoisotopic (exact) mass is 237 g/mol. The first-order valence-electron chi connectivity index (χ1n) is 6.11. The van der Waals surface area contributed by atoms with E-state index in [-0.39, 0.29) is 11.9 Å². The zero-order valence-electron chi connectivity index (χ0n) is 10.3. The van der Waals surface area contributed by atoms with Gasteiger partial charge in [-0.25, -0.2) is 9.67 Å². The van der Waals surface area contributed by atoms with Crippen molar-refractivity contribution in [3.63, 3.8) is 0 Å². The minimum atomic E-state index is -0.197. The molecule has 94 valence electrons. The average Bonchev–Trinajstić information content (AvgIpc) is 3.02. The maximum absolute atomic E-state index is 11.7. The molecule has 17 heavy (non-hydrogen) atoms. The molecule has 1 unspecified atom stereocenters. The van der Waals surface area contributed by atoms with Crippen LogP contribution in [-0.2, 0) is 17.9 Å². The number of amides is 1. The molecule has 1 heterocycles. The molecule has 6 heteroatoms. The first kappa shape index (κ1) is 12.0. The third-order valence-electron chi connectivity index (χ3n) is 2.88. The summed E-state index contributed by atoms with van der Waals surface area (Å²) in [6, 6.07) is 0.212. The predicted octanol–water partition coefficient (Wildman–Crippen LogP) is 0.0547. The molecule has 1 aliphatic carbocycles. The first-order valence-corrected chi connectivity index (χ1v) is 6.11. The van der Waals surface area contributed by atoms with Gasteiger partial charge in [-0.15, -0.1) is 0 Å². The maximum Gasteiger partial charge on any atom is 0.237 e. The summed E-state index contributed by atoms with van der Waals surface area (Å²) in [4.78, 5) is 15.8. The highest BCUT2D eigenvalue weighted by molar-refractivity contribution is 5.81. The molecule has 1 aromatic rings. The van der Waals surface area contributed by atoms with Crippen LogP contribution in [0.2, 0.25) is 0 Å². The van der Waals surface area contributed by atoms with Gasteiger partial charge in [-0.3, -0.25) is 10.1 Å². The molecule has 0 aromatic carbocycles. The quantitative estimate of drug-likeness (QED) is 0.733. The molecule has 0 spiro atoms. The number of carbonyl (C=O) groups is 1. The number of aryl methyl sites for hydroxylation is 1. The summed E-state index contributed by atoms with van der Waals surface area (Å²) in [6.07, 6.45) is 3.76. The zero-order chi connectivity index (χ0) is 12.3. The molecule has 1 atom stereocenters. The largest absolute Gasteiger partial charge is 0.352 e. The number of nitrogens with one attached hydrogen (secondary N) is 2. The Morgan fingerprint density at radius 1 is 1.65 bits per heavy atom. The summed E-state index contributed by atoms with van der Waals surface area (Å²) in [5.41, 5.74) is 0. The highest BCUT2D eigenvalue weighted by Gasteiger charge is 2.25. The van der Waals surface area contributed by atoms with Crippen LogP contribution in [0.5, 0.6) is 0 Å². The van der Waals surface area contributed by atoms with Crippen molar-refractivity contribution in [2.75, 3.05) is 0 Å². The number of aromatic nitrogens is 3. The molecule has 0 bridgehead atoms. The van der Waals surface area contributed by atoms with Crippen molar-refractivity contribution in [1.82, 2.24) is 25.4 Å². The minimum Gasteiger partial charge on any atom is -0.352 e. The van der Waals surface area contributed by atoms with Gasteiger partial charge in [-0.05, 0) is 26.7 Å². The van der Waals surface area contributed by atoms with Crippen molar-refractivity contribution in [2.45, 2.75) is 51.9 Å². The van der Waals surface area contributed by atoms with Crippen molar-refractivity contribution in [1.29, 1.82) is 0 Å². The Hall–Kier alpha value is -1.43. The zero-order valence-corrected chi connectivity index (χ0v) is 10.3. The van der Waals surface area contributed by atoms with Crippen LogP contribution >= 0.6 is 0 Å². The molecule has 0 saturated heterocycles. The normalized spacial score (nSPS) is 16.8. The third kappa shape index (κ3) is 3.26. The van der Waals surface area contributed by atoms with Gasteiger partial charge >= 0.3 is 0 Å². The van der Waals surface area contributed by atoms with E-state index >= 15 is 0 Å². The Kier molecular flexibility index (Phi) is 3.73. The van der Waals surface area contributed by atoms with E-state index in [9.17, 15) is 4.79 Å². The van der Waals surface area contributed by atoms with Crippen LogP contribution in [0.1, 0.15) is 32.5 Å². The van der Waals surface area contributed by atoms with E-state index < -0.39 is 0 Å². The van der Waals surface area contributed by atoms with Crippen LogP contribution < -0.4 is 10.6 Å². The number of hydrogen-bond donors (Lipinski definition) is 2. The lowest BCUT2D eigenvalue weighted by Crippen LogP contribution is -2.43. The number of rotatable bonds is 6. The molecule has 2 rings (SSSR count). The summed E-state index contributed by atoms with van der Waals surface area (Å²) in [7, 11) is 0. The van der Waals surface area contributed by atoms with Crippen LogP contribution in [0.25, 0.3) is 0 Å². The van der Waals surface area contributed by atoms with Crippen LogP contribution in [0.15, 0.2) is 6.33 Å². The molecule has 0 aliphatic heterocycles. The van der Waals surface area contributed by atoms with Crippen molar-refractivity contribution >= 4 is 5.91 Å². The predicted molar refractivity (Wildman–Crippen MR) is 63.2 cm³/mol. The highest BCUT2D eigenvalue weighted by atomic mass is 16.2. The van der Waals surface area contributed by atoms with Gasteiger partial charge in [-0.1, -0.05) is 0 Å². The van der Waals surface area contributed by atoms with Gasteiger partial charge in [0.15, 0.2) is 0 Å². The number of carbonyl (C=O) groups excluding carboxylic acids is 1. The second kappa shape index (κ2) is 5.27. The van der Waals surface area contributed by atoms with Crippen LogP contribution in [-0.4, -0.2) is 32.8 Å². The first-order chi connectivity index (χ1) is 8.20. The Bertz CT molecular complexity index is 385. The lowest BCUT2D eigenvalue weighted by molar-refractivity contribution is -0.122. The average molecular weight is 237 g/mol. The van der Waals surface area contributed by atoms with E-state index in [2.05, 4.69) is 20.7 Å². The van der Waals surface area contributed by atoms with Crippen molar-refractivity contribution in [3.05, 3.63) is 12.2 Å². The molecular weight excluding hydrogens is 218 g/mol. The smallest absolute Gasteiger partial charge is 0.237 e. The number of hydrogen-bond acceptors (Lipinski definition) is 4. The van der Waals surface area contributed by atoms with E-state index in [0.717, 1.165) is 25.2 Å². The summed E-state index contributed by atoms with van der Waals surface area (Å²) >= 11 is 0. The van der Waals surface area contributed by atoms with Gasteiger partial charge < -0.3 is 5.32 Å². The third-order valence-corrected chi connectivity index (χ3v) is 2.88. The fraction of sp³-hybridized carbons (Fsp3) is 0.727. The lowest BCUT2D eigenvalue weighted by Gasteiger charge is -2.13. The van der Waals surface area contributed by atoms with Crippen molar-refractivity contribution in [3.8, 4) is 0 Å². The van der Waals surface area contributed by atoms with E-state index in [1.54, 1.807) is 0 Å². The molecule has 0 radical (unpaired) electrons. The lowest BCUT2D eigenvalue weighted by atomic mass is 10.3. The molecule has 1 saturated carbocycles. The van der Waals surface area contributed by atoms with Crippen LogP contribution in [0, 0.1) is 0 Å². The minimum absolute atomic E-state index is 0.0649. The van der Waals surface area contributed by atoms with Gasteiger partial charge in [0.05, 0.1) is 12.6 Å². The van der Waals surface area contributed by atoms with Gasteiger partial charge in [0, 0.05) is 12.6 Å². The van der Waals surface area contributed by atoms with E-state index in [1.807, 2.05) is 18.5 Å². The SMILES string of the molecule is CCn1ncnc1CNC(C)C(=O)NC1CC1. The molecule has 1 amide bonds. The molecule has 1 fully saturated rings. The number of nitrogens with zero attached hydrogens (tertiary/aromatic N) is 3. The van der Waals surface area contributed by atoms with Crippen LogP contribution in [0.4, 0.5) is 0 Å². The van der Waals surface area contributed by atoms with Crippen molar-refractivity contribution < 1.29 is 4.79 Å². The summed E-state index contributed by atoms with van der Waals surface area (Å²) in [5, 5.41) is 10.2. The fourth-order valence-corrected chi connectivity index (χ4v) is 1.58.